The predicted octanol–water partition coefficient (Wildman–Crippen LogP) is 1.85. The van der Waals surface area contributed by atoms with Gasteiger partial charge in [-0.2, -0.15) is 0 Å². The summed E-state index contributed by atoms with van der Waals surface area (Å²) < 4.78 is 13.0. The molecule has 0 spiro atoms. The third-order valence-electron chi connectivity index (χ3n) is 4.18. The minimum atomic E-state index is -0.779. The molecule has 1 N–H and O–H groups in total. The standard InChI is InChI=1S/C17H17FN4O3S/c1-21-13(16(24)22(2)17(21)25)7-14(23)19-8-15-20-12(9-26-15)10-3-5-11(18)6-4-10/h3-6,9,13H,7-8H2,1-2H3,(H,19,23)/t13-/m1/s1. The van der Waals surface area contributed by atoms with Crippen molar-refractivity contribution in [1.82, 2.24) is 20.1 Å². The second kappa shape index (κ2) is 7.20. The minimum absolute atomic E-state index is 0.0956. The predicted molar refractivity (Wildman–Crippen MR) is 93.7 cm³/mol. The Morgan fingerprint density at radius 2 is 1.96 bits per heavy atom. The monoisotopic (exact) mass is 376 g/mol. The topological polar surface area (TPSA) is 82.6 Å². The number of hydrogen-bond donors (Lipinski definition) is 1. The van der Waals surface area contributed by atoms with Crippen molar-refractivity contribution in [3.05, 3.63) is 40.5 Å². The Balaban J connectivity index is 1.56. The van der Waals surface area contributed by atoms with Gasteiger partial charge in [0.2, 0.25) is 5.91 Å². The molecule has 2 heterocycles. The lowest BCUT2D eigenvalue weighted by Gasteiger charge is -2.15. The normalized spacial score (nSPS) is 17.1. The smallest absolute Gasteiger partial charge is 0.326 e. The minimum Gasteiger partial charge on any atom is -0.350 e. The molecule has 0 radical (unpaired) electrons. The van der Waals surface area contributed by atoms with Crippen molar-refractivity contribution in [2.24, 2.45) is 0 Å². The van der Waals surface area contributed by atoms with E-state index >= 15 is 0 Å². The first kappa shape index (κ1) is 18.0. The first-order valence-electron chi connectivity index (χ1n) is 7.88. The van der Waals surface area contributed by atoms with Gasteiger partial charge in [0.25, 0.3) is 5.91 Å². The number of aromatic nitrogens is 1. The summed E-state index contributed by atoms with van der Waals surface area (Å²) in [5, 5.41) is 5.23. The number of carbonyl (C=O) groups excluding carboxylic acids is 3. The summed E-state index contributed by atoms with van der Waals surface area (Å²) in [6.45, 7) is 0.221. The number of thiazole rings is 1. The molecule has 0 unspecified atom stereocenters. The fourth-order valence-corrected chi connectivity index (χ4v) is 3.39. The van der Waals surface area contributed by atoms with Gasteiger partial charge in [-0.25, -0.2) is 14.2 Å². The summed E-state index contributed by atoms with van der Waals surface area (Å²) in [5.74, 6) is -1.04. The molecule has 0 bridgehead atoms. The molecule has 4 amide bonds. The number of hydrogen-bond acceptors (Lipinski definition) is 5. The van der Waals surface area contributed by atoms with Crippen molar-refractivity contribution in [3.8, 4) is 11.3 Å². The van der Waals surface area contributed by atoms with Gasteiger partial charge >= 0.3 is 6.03 Å². The van der Waals surface area contributed by atoms with Crippen molar-refractivity contribution >= 4 is 29.2 Å². The number of nitrogens with zero attached hydrogens (tertiary/aromatic N) is 3. The zero-order chi connectivity index (χ0) is 18.8. The molecule has 136 valence electrons. The average Bonchev–Trinajstić information content (AvgIpc) is 3.17. The Morgan fingerprint density at radius 1 is 1.27 bits per heavy atom. The molecule has 9 heteroatoms. The SMILES string of the molecule is CN1C(=O)[C@@H](CC(=O)NCc2nc(-c3ccc(F)cc3)cs2)N(C)C1=O. The summed E-state index contributed by atoms with van der Waals surface area (Å²) in [7, 11) is 2.89. The van der Waals surface area contributed by atoms with E-state index in [1.807, 2.05) is 5.38 Å². The van der Waals surface area contributed by atoms with Crippen molar-refractivity contribution in [1.29, 1.82) is 0 Å². The van der Waals surface area contributed by atoms with Crippen LogP contribution in [-0.2, 0) is 16.1 Å². The largest absolute Gasteiger partial charge is 0.350 e. The number of nitrogens with one attached hydrogen (secondary N) is 1. The van der Waals surface area contributed by atoms with E-state index in [9.17, 15) is 18.8 Å². The lowest BCUT2D eigenvalue weighted by atomic mass is 10.2. The molecule has 1 aromatic heterocycles. The Bertz CT molecular complexity index is 852. The van der Waals surface area contributed by atoms with Gasteiger partial charge in [0.1, 0.15) is 16.9 Å². The molecular weight excluding hydrogens is 359 g/mol. The molecule has 0 saturated carbocycles. The average molecular weight is 376 g/mol. The number of imide groups is 1. The van der Waals surface area contributed by atoms with Crippen LogP contribution in [-0.4, -0.2) is 52.8 Å². The number of carbonyl (C=O) groups is 3. The highest BCUT2D eigenvalue weighted by Gasteiger charge is 2.41. The molecule has 7 nitrogen and oxygen atoms in total. The molecule has 2 aromatic rings. The van der Waals surface area contributed by atoms with Crippen LogP contribution in [0, 0.1) is 5.82 Å². The van der Waals surface area contributed by atoms with Crippen LogP contribution < -0.4 is 5.32 Å². The van der Waals surface area contributed by atoms with Crippen LogP contribution >= 0.6 is 11.3 Å². The molecule has 1 atom stereocenters. The molecule has 1 aliphatic heterocycles. The molecule has 26 heavy (non-hydrogen) atoms. The van der Waals surface area contributed by atoms with Gasteiger partial charge in [0, 0.05) is 25.0 Å². The fraction of sp³-hybridized carbons (Fsp3) is 0.294. The summed E-state index contributed by atoms with van der Waals surface area (Å²) >= 11 is 1.38. The Morgan fingerprint density at radius 3 is 2.58 bits per heavy atom. The van der Waals surface area contributed by atoms with E-state index in [0.717, 1.165) is 10.5 Å². The highest BCUT2D eigenvalue weighted by Crippen LogP contribution is 2.22. The van der Waals surface area contributed by atoms with E-state index in [1.54, 1.807) is 12.1 Å². The lowest BCUT2D eigenvalue weighted by molar-refractivity contribution is -0.131. The van der Waals surface area contributed by atoms with E-state index < -0.39 is 12.1 Å². The number of halogens is 1. The van der Waals surface area contributed by atoms with E-state index in [4.69, 9.17) is 0 Å². The second-order valence-electron chi connectivity index (χ2n) is 5.92. The number of benzene rings is 1. The van der Waals surface area contributed by atoms with Gasteiger partial charge in [0.05, 0.1) is 18.7 Å². The van der Waals surface area contributed by atoms with Gasteiger partial charge in [0.15, 0.2) is 0 Å². The van der Waals surface area contributed by atoms with Crippen molar-refractivity contribution < 1.29 is 18.8 Å². The van der Waals surface area contributed by atoms with Gasteiger partial charge in [-0.15, -0.1) is 11.3 Å². The highest BCUT2D eigenvalue weighted by molar-refractivity contribution is 7.09. The summed E-state index contributed by atoms with van der Waals surface area (Å²) in [5.41, 5.74) is 1.50. The summed E-state index contributed by atoms with van der Waals surface area (Å²) in [6, 6.07) is 4.81. The van der Waals surface area contributed by atoms with Crippen LogP contribution in [0.3, 0.4) is 0 Å². The second-order valence-corrected chi connectivity index (χ2v) is 6.86. The van der Waals surface area contributed by atoms with Crippen LogP contribution in [0.4, 0.5) is 9.18 Å². The van der Waals surface area contributed by atoms with E-state index in [0.29, 0.717) is 10.7 Å². The van der Waals surface area contributed by atoms with Gasteiger partial charge in [-0.3, -0.25) is 14.5 Å². The summed E-state index contributed by atoms with van der Waals surface area (Å²) in [4.78, 5) is 42.5. The third kappa shape index (κ3) is 3.57. The summed E-state index contributed by atoms with van der Waals surface area (Å²) in [6.07, 6.45) is -0.0956. The van der Waals surface area contributed by atoms with Crippen LogP contribution in [0.25, 0.3) is 11.3 Å². The van der Waals surface area contributed by atoms with Gasteiger partial charge in [-0.1, -0.05) is 0 Å². The van der Waals surface area contributed by atoms with Crippen LogP contribution in [0.15, 0.2) is 29.6 Å². The van der Waals surface area contributed by atoms with Crippen LogP contribution in [0.1, 0.15) is 11.4 Å². The zero-order valence-corrected chi connectivity index (χ0v) is 15.0. The maximum atomic E-state index is 13.0. The Kier molecular flexibility index (Phi) is 4.99. The first-order valence-corrected chi connectivity index (χ1v) is 8.76. The quantitative estimate of drug-likeness (QED) is 0.808. The van der Waals surface area contributed by atoms with Gasteiger partial charge < -0.3 is 10.2 Å². The molecule has 1 fully saturated rings. The maximum Gasteiger partial charge on any atom is 0.326 e. The Labute approximate surface area is 153 Å². The number of likely N-dealkylation sites (N-methyl/N-ethyl adjacent to an activating group) is 2. The Hall–Kier alpha value is -2.81. The molecular formula is C17H17FN4O3S. The maximum absolute atomic E-state index is 13.0. The van der Waals surface area contributed by atoms with E-state index in [1.165, 1.54) is 42.5 Å². The first-order chi connectivity index (χ1) is 12.4. The van der Waals surface area contributed by atoms with Crippen LogP contribution in [0.2, 0.25) is 0 Å². The van der Waals surface area contributed by atoms with Crippen molar-refractivity contribution in [3.63, 3.8) is 0 Å². The molecule has 1 aromatic carbocycles. The zero-order valence-electron chi connectivity index (χ0n) is 14.2. The highest BCUT2D eigenvalue weighted by atomic mass is 32.1. The molecule has 1 aliphatic rings. The third-order valence-corrected chi connectivity index (χ3v) is 5.03. The van der Waals surface area contributed by atoms with E-state index in [2.05, 4.69) is 10.3 Å². The van der Waals surface area contributed by atoms with E-state index in [-0.39, 0.29) is 30.6 Å². The fourth-order valence-electron chi connectivity index (χ4n) is 2.64. The molecule has 0 aliphatic carbocycles. The van der Waals surface area contributed by atoms with Crippen molar-refractivity contribution in [2.45, 2.75) is 19.0 Å². The van der Waals surface area contributed by atoms with Gasteiger partial charge in [-0.05, 0) is 24.3 Å². The van der Waals surface area contributed by atoms with Crippen molar-refractivity contribution in [2.75, 3.05) is 14.1 Å². The van der Waals surface area contributed by atoms with Crippen LogP contribution in [0.5, 0.6) is 0 Å². The molecule has 3 rings (SSSR count). The number of rotatable bonds is 5. The lowest BCUT2D eigenvalue weighted by Crippen LogP contribution is -2.37. The number of amides is 4. The number of urea groups is 1. The molecule has 1 saturated heterocycles.